The number of carbonyl (C=O) groups excluding carboxylic acids is 1. The molecule has 5 aliphatic rings. The number of hydrogen-bond acceptors (Lipinski definition) is 6. The van der Waals surface area contributed by atoms with E-state index in [0.717, 1.165) is 40.4 Å². The first-order valence-electron chi connectivity index (χ1n) is 13.2. The second kappa shape index (κ2) is 9.51. The number of fused-ring (bicyclic) bond motifs is 1. The Kier molecular flexibility index (Phi) is 6.23. The molecule has 4 aliphatic carbocycles. The zero-order valence-electron chi connectivity index (χ0n) is 20.4. The molecule has 4 fully saturated rings. The fraction of sp³-hybridized carbons (Fsp3) is 0.607. The standard InChI is InChI=1S/C28H36N4O3/c33-25(28-11-20-8-21(12-28)10-22(9-20)13-28)14-29-27-23-6-7-32(15-24(23)30-18-31-27)26(34)17-35-16-19-4-2-1-3-5-19/h1-5,18,20-22,25,33H,6-17H2,(H,29,30,31). The summed E-state index contributed by atoms with van der Waals surface area (Å²) in [6, 6.07) is 9.89. The van der Waals surface area contributed by atoms with Crippen molar-refractivity contribution in [2.45, 2.75) is 64.2 Å². The molecule has 2 N–H and O–H groups in total. The lowest BCUT2D eigenvalue weighted by Crippen LogP contribution is -2.53. The van der Waals surface area contributed by atoms with E-state index in [2.05, 4.69) is 15.3 Å². The Morgan fingerprint density at radius 2 is 1.83 bits per heavy atom. The van der Waals surface area contributed by atoms with Crippen LogP contribution in [0.25, 0.3) is 0 Å². The Balaban J connectivity index is 1.04. The molecular formula is C28H36N4O3. The van der Waals surface area contributed by atoms with Gasteiger partial charge in [0.05, 0.1) is 24.9 Å². The van der Waals surface area contributed by atoms with Gasteiger partial charge in [-0.25, -0.2) is 9.97 Å². The number of carbonyl (C=O) groups is 1. The minimum absolute atomic E-state index is 0.0167. The molecule has 1 aromatic heterocycles. The topological polar surface area (TPSA) is 87.6 Å². The minimum atomic E-state index is -0.343. The summed E-state index contributed by atoms with van der Waals surface area (Å²) in [6.45, 7) is 2.13. The molecule has 4 saturated carbocycles. The number of ether oxygens (including phenoxy) is 1. The van der Waals surface area contributed by atoms with Crippen LogP contribution in [0.4, 0.5) is 5.82 Å². The van der Waals surface area contributed by atoms with E-state index in [9.17, 15) is 9.90 Å². The van der Waals surface area contributed by atoms with Crippen LogP contribution in [0.3, 0.4) is 0 Å². The highest BCUT2D eigenvalue weighted by Crippen LogP contribution is 2.61. The van der Waals surface area contributed by atoms with E-state index < -0.39 is 0 Å². The van der Waals surface area contributed by atoms with Gasteiger partial charge in [0.1, 0.15) is 18.8 Å². The van der Waals surface area contributed by atoms with E-state index in [0.29, 0.717) is 32.7 Å². The van der Waals surface area contributed by atoms with Crippen molar-refractivity contribution < 1.29 is 14.6 Å². The monoisotopic (exact) mass is 476 g/mol. The van der Waals surface area contributed by atoms with Crippen LogP contribution in [0.15, 0.2) is 36.7 Å². The van der Waals surface area contributed by atoms with Crippen LogP contribution >= 0.6 is 0 Å². The summed E-state index contributed by atoms with van der Waals surface area (Å²) < 4.78 is 5.65. The first kappa shape index (κ1) is 22.9. The lowest BCUT2D eigenvalue weighted by atomic mass is 9.48. The van der Waals surface area contributed by atoms with E-state index in [1.807, 2.05) is 35.2 Å². The molecule has 0 radical (unpaired) electrons. The third-order valence-corrected chi connectivity index (χ3v) is 8.95. The number of hydrogen-bond donors (Lipinski definition) is 2. The maximum Gasteiger partial charge on any atom is 0.248 e. The molecule has 2 heterocycles. The Morgan fingerprint density at radius 3 is 2.54 bits per heavy atom. The molecule has 186 valence electrons. The van der Waals surface area contributed by atoms with E-state index in [-0.39, 0.29) is 24.0 Å². The van der Waals surface area contributed by atoms with Crippen LogP contribution in [0.2, 0.25) is 0 Å². The van der Waals surface area contributed by atoms with Gasteiger partial charge in [0.2, 0.25) is 5.91 Å². The minimum Gasteiger partial charge on any atom is -0.391 e. The molecule has 4 bridgehead atoms. The zero-order valence-corrected chi connectivity index (χ0v) is 20.4. The summed E-state index contributed by atoms with van der Waals surface area (Å²) >= 11 is 0. The second-order valence-electron chi connectivity index (χ2n) is 11.4. The molecule has 1 atom stereocenters. The molecule has 0 spiro atoms. The van der Waals surface area contributed by atoms with Crippen molar-refractivity contribution in [3.63, 3.8) is 0 Å². The fourth-order valence-electron chi connectivity index (χ4n) is 7.64. The normalized spacial score (nSPS) is 29.6. The summed E-state index contributed by atoms with van der Waals surface area (Å²) in [6.07, 6.45) is 9.63. The van der Waals surface area contributed by atoms with Crippen molar-refractivity contribution >= 4 is 11.7 Å². The van der Waals surface area contributed by atoms with Gasteiger partial charge in [-0.3, -0.25) is 4.79 Å². The molecule has 35 heavy (non-hydrogen) atoms. The molecule has 7 heteroatoms. The number of nitrogens with zero attached hydrogens (tertiary/aromatic N) is 3. The molecule has 1 unspecified atom stereocenters. The number of anilines is 1. The first-order valence-corrected chi connectivity index (χ1v) is 13.2. The molecule has 1 aliphatic heterocycles. The molecule has 1 amide bonds. The van der Waals surface area contributed by atoms with Crippen LogP contribution in [0.5, 0.6) is 0 Å². The molecule has 1 aromatic carbocycles. The Bertz CT molecular complexity index is 1020. The summed E-state index contributed by atoms with van der Waals surface area (Å²) in [5.74, 6) is 3.26. The van der Waals surface area contributed by atoms with Crippen LogP contribution < -0.4 is 5.32 Å². The van der Waals surface area contributed by atoms with Gasteiger partial charge in [0.25, 0.3) is 0 Å². The van der Waals surface area contributed by atoms with Gasteiger partial charge in [-0.05, 0) is 73.7 Å². The third-order valence-electron chi connectivity index (χ3n) is 8.95. The van der Waals surface area contributed by atoms with Crippen molar-refractivity contribution in [3.05, 3.63) is 53.5 Å². The van der Waals surface area contributed by atoms with Gasteiger partial charge < -0.3 is 20.1 Å². The molecular weight excluding hydrogens is 440 g/mol. The summed E-state index contributed by atoms with van der Waals surface area (Å²) in [4.78, 5) is 23.5. The second-order valence-corrected chi connectivity index (χ2v) is 11.4. The maximum atomic E-state index is 12.7. The molecule has 0 saturated heterocycles. The number of benzene rings is 1. The van der Waals surface area contributed by atoms with Gasteiger partial charge in [-0.15, -0.1) is 0 Å². The van der Waals surface area contributed by atoms with Gasteiger partial charge in [0, 0.05) is 18.7 Å². The zero-order chi connectivity index (χ0) is 23.8. The van der Waals surface area contributed by atoms with Crippen LogP contribution in [-0.4, -0.2) is 51.7 Å². The van der Waals surface area contributed by atoms with Crippen molar-refractivity contribution in [2.24, 2.45) is 23.2 Å². The Morgan fingerprint density at radius 1 is 1.11 bits per heavy atom. The number of aliphatic hydroxyl groups is 1. The average Bonchev–Trinajstić information content (AvgIpc) is 2.86. The summed E-state index contributed by atoms with van der Waals surface area (Å²) in [5.41, 5.74) is 3.11. The highest BCUT2D eigenvalue weighted by atomic mass is 16.5. The van der Waals surface area contributed by atoms with Crippen LogP contribution in [0, 0.1) is 23.2 Å². The SMILES string of the molecule is O=C(COCc1ccccc1)N1CCc2c(ncnc2NCC(O)C23CC4CC(CC(C4)C2)C3)C1. The van der Waals surface area contributed by atoms with Gasteiger partial charge in [-0.2, -0.15) is 0 Å². The maximum absolute atomic E-state index is 12.7. The third kappa shape index (κ3) is 4.68. The van der Waals surface area contributed by atoms with Crippen LogP contribution in [0.1, 0.15) is 55.3 Å². The summed E-state index contributed by atoms with van der Waals surface area (Å²) in [7, 11) is 0. The average molecular weight is 477 g/mol. The smallest absolute Gasteiger partial charge is 0.248 e. The first-order chi connectivity index (χ1) is 17.1. The van der Waals surface area contributed by atoms with E-state index in [1.54, 1.807) is 6.33 Å². The number of aromatic nitrogens is 2. The Labute approximate surface area is 207 Å². The largest absolute Gasteiger partial charge is 0.391 e. The Hall–Kier alpha value is -2.51. The highest BCUT2D eigenvalue weighted by Gasteiger charge is 2.53. The van der Waals surface area contributed by atoms with Crippen molar-refractivity contribution in [2.75, 3.05) is 25.0 Å². The van der Waals surface area contributed by atoms with E-state index in [1.165, 1.54) is 38.5 Å². The quantitative estimate of drug-likeness (QED) is 0.606. The van der Waals surface area contributed by atoms with Gasteiger partial charge in [-0.1, -0.05) is 30.3 Å². The van der Waals surface area contributed by atoms with E-state index in [4.69, 9.17) is 4.74 Å². The number of aliphatic hydroxyl groups excluding tert-OH is 1. The fourth-order valence-corrected chi connectivity index (χ4v) is 7.64. The number of amides is 1. The lowest BCUT2D eigenvalue weighted by molar-refractivity contribution is -0.137. The van der Waals surface area contributed by atoms with Crippen LogP contribution in [-0.2, 0) is 29.1 Å². The van der Waals surface area contributed by atoms with Gasteiger partial charge in [0.15, 0.2) is 0 Å². The van der Waals surface area contributed by atoms with Crippen molar-refractivity contribution in [3.8, 4) is 0 Å². The predicted molar refractivity (Wildman–Crippen MR) is 132 cm³/mol. The van der Waals surface area contributed by atoms with Gasteiger partial charge >= 0.3 is 0 Å². The molecule has 7 nitrogen and oxygen atoms in total. The molecule has 7 rings (SSSR count). The number of nitrogens with one attached hydrogen (secondary N) is 1. The predicted octanol–water partition coefficient (Wildman–Crippen LogP) is 3.57. The van der Waals surface area contributed by atoms with Crippen molar-refractivity contribution in [1.29, 1.82) is 0 Å². The van der Waals surface area contributed by atoms with E-state index >= 15 is 0 Å². The number of rotatable bonds is 8. The molecule has 2 aromatic rings. The van der Waals surface area contributed by atoms with Crippen molar-refractivity contribution in [1.82, 2.24) is 14.9 Å². The lowest BCUT2D eigenvalue weighted by Gasteiger charge is -2.58. The summed E-state index contributed by atoms with van der Waals surface area (Å²) in [5, 5.41) is 14.8. The highest BCUT2D eigenvalue weighted by molar-refractivity contribution is 5.77.